The number of esters is 1. The van der Waals surface area contributed by atoms with E-state index < -0.39 is 29.8 Å². The lowest BCUT2D eigenvalue weighted by atomic mass is 10.1. The number of carbonyl (C=O) groups excluding carboxylic acids is 2. The number of aromatic nitrogens is 1. The summed E-state index contributed by atoms with van der Waals surface area (Å²) in [6.45, 7) is 7.78. The average molecular weight is 525 g/mol. The monoisotopic (exact) mass is 524 g/mol. The molecule has 1 fully saturated rings. The second kappa shape index (κ2) is 10.0. The Morgan fingerprint density at radius 3 is 2.52 bits per heavy atom. The van der Waals surface area contributed by atoms with Gasteiger partial charge in [-0.25, -0.2) is 14.6 Å². The molecule has 0 bridgehead atoms. The largest absolute Gasteiger partial charge is 0.495 e. The lowest BCUT2D eigenvalue weighted by Gasteiger charge is -2.27. The summed E-state index contributed by atoms with van der Waals surface area (Å²) < 4.78 is 28.4. The van der Waals surface area contributed by atoms with Crippen molar-refractivity contribution in [1.29, 1.82) is 0 Å². The van der Waals surface area contributed by atoms with Crippen molar-refractivity contribution in [1.82, 2.24) is 9.88 Å². The first-order valence-corrected chi connectivity index (χ1v) is 11.4. The van der Waals surface area contributed by atoms with Crippen LogP contribution >= 0.6 is 15.9 Å². The maximum absolute atomic E-state index is 12.7. The molecule has 2 atom stereocenters. The van der Waals surface area contributed by atoms with E-state index in [-0.39, 0.29) is 13.0 Å². The van der Waals surface area contributed by atoms with Crippen LogP contribution in [0.5, 0.6) is 17.4 Å². The van der Waals surface area contributed by atoms with Crippen LogP contribution in [0.2, 0.25) is 0 Å². The molecule has 33 heavy (non-hydrogen) atoms. The van der Waals surface area contributed by atoms with Gasteiger partial charge < -0.3 is 23.7 Å². The Balaban J connectivity index is 1.94. The van der Waals surface area contributed by atoms with E-state index in [2.05, 4.69) is 20.9 Å². The first kappa shape index (κ1) is 24.9. The van der Waals surface area contributed by atoms with Crippen molar-refractivity contribution in [3.8, 4) is 17.4 Å². The maximum atomic E-state index is 12.7. The number of ether oxygens (including phenoxy) is 5. The summed E-state index contributed by atoms with van der Waals surface area (Å²) in [6, 6.07) is 4.54. The van der Waals surface area contributed by atoms with E-state index in [4.69, 9.17) is 23.7 Å². The Kier molecular flexibility index (Phi) is 7.56. The fourth-order valence-electron chi connectivity index (χ4n) is 3.59. The Bertz CT molecular complexity index is 1040. The molecule has 1 amide bonds. The summed E-state index contributed by atoms with van der Waals surface area (Å²) in [7, 11) is 2.87. The third-order valence-electron chi connectivity index (χ3n) is 4.97. The molecule has 1 aliphatic rings. The third kappa shape index (κ3) is 5.79. The molecular formula is C23H29BrN2O7. The molecule has 0 spiro atoms. The van der Waals surface area contributed by atoms with Gasteiger partial charge >= 0.3 is 12.1 Å². The first-order valence-electron chi connectivity index (χ1n) is 10.6. The van der Waals surface area contributed by atoms with Crippen LogP contribution in [0.4, 0.5) is 4.79 Å². The molecule has 2 aromatic rings. The number of carbonyl (C=O) groups is 2. The quantitative estimate of drug-likeness (QED) is 0.515. The van der Waals surface area contributed by atoms with E-state index in [1.165, 1.54) is 12.0 Å². The molecule has 10 heteroatoms. The zero-order valence-electron chi connectivity index (χ0n) is 19.6. The molecule has 0 unspecified atom stereocenters. The number of hydrogen-bond acceptors (Lipinski definition) is 8. The lowest BCUT2D eigenvalue weighted by molar-refractivity contribution is -0.145. The number of halogens is 1. The van der Waals surface area contributed by atoms with Gasteiger partial charge in [-0.05, 0) is 49.7 Å². The Morgan fingerprint density at radius 1 is 1.18 bits per heavy atom. The standard InChI is InChI=1S/C23H29BrN2O7/c1-7-31-20-11-18(14-9-15(24)19(29-5)10-16(14)25-20)32-13-8-17(21(27)30-6)26(12-13)22(28)33-23(2,3)4/h9-11,13,17H,7-8,12H2,1-6H3/t13-,17+/m1/s1. The number of nitrogens with zero attached hydrogens (tertiary/aromatic N) is 2. The van der Waals surface area contributed by atoms with Crippen molar-refractivity contribution < 1.29 is 33.3 Å². The minimum absolute atomic E-state index is 0.166. The third-order valence-corrected chi connectivity index (χ3v) is 5.59. The van der Waals surface area contributed by atoms with Crippen molar-refractivity contribution in [2.24, 2.45) is 0 Å². The second-order valence-electron chi connectivity index (χ2n) is 8.54. The second-order valence-corrected chi connectivity index (χ2v) is 9.40. The summed E-state index contributed by atoms with van der Waals surface area (Å²) in [5.74, 6) is 1.02. The summed E-state index contributed by atoms with van der Waals surface area (Å²) in [6.07, 6.45) is -0.801. The van der Waals surface area contributed by atoms with Gasteiger partial charge in [-0.3, -0.25) is 4.90 Å². The summed E-state index contributed by atoms with van der Waals surface area (Å²) >= 11 is 3.50. The SMILES string of the molecule is CCOc1cc(O[C@@H]2C[C@@H](C(=O)OC)N(C(=O)OC(C)(C)C)C2)c2cc(Br)c(OC)cc2n1. The average Bonchev–Trinajstić information content (AvgIpc) is 3.16. The highest BCUT2D eigenvalue weighted by atomic mass is 79.9. The van der Waals surface area contributed by atoms with Crippen molar-refractivity contribution >= 4 is 38.9 Å². The van der Waals surface area contributed by atoms with Crippen LogP contribution in [0.25, 0.3) is 10.9 Å². The number of amides is 1. The van der Waals surface area contributed by atoms with Crippen LogP contribution in [0, 0.1) is 0 Å². The normalized spacial score (nSPS) is 18.2. The molecule has 1 saturated heterocycles. The van der Waals surface area contributed by atoms with E-state index in [0.717, 1.165) is 9.86 Å². The molecule has 0 saturated carbocycles. The van der Waals surface area contributed by atoms with Gasteiger partial charge in [0.1, 0.15) is 29.2 Å². The van der Waals surface area contributed by atoms with Crippen molar-refractivity contribution in [3.05, 3.63) is 22.7 Å². The fraction of sp³-hybridized carbons (Fsp3) is 0.522. The number of benzene rings is 1. The fourth-order valence-corrected chi connectivity index (χ4v) is 4.10. The van der Waals surface area contributed by atoms with E-state index in [1.54, 1.807) is 40.0 Å². The van der Waals surface area contributed by atoms with E-state index in [0.29, 0.717) is 29.5 Å². The van der Waals surface area contributed by atoms with Crippen LogP contribution in [-0.2, 0) is 14.3 Å². The highest BCUT2D eigenvalue weighted by Gasteiger charge is 2.43. The minimum atomic E-state index is -0.804. The molecule has 0 radical (unpaired) electrons. The molecule has 1 aliphatic heterocycles. The summed E-state index contributed by atoms with van der Waals surface area (Å²) in [5.41, 5.74) is -0.0714. The van der Waals surface area contributed by atoms with Crippen LogP contribution in [0.3, 0.4) is 0 Å². The van der Waals surface area contributed by atoms with Gasteiger partial charge in [0.25, 0.3) is 0 Å². The van der Waals surface area contributed by atoms with Crippen molar-refractivity contribution in [3.63, 3.8) is 0 Å². The van der Waals surface area contributed by atoms with E-state index in [1.807, 2.05) is 13.0 Å². The highest BCUT2D eigenvalue weighted by Crippen LogP contribution is 2.37. The molecule has 0 N–H and O–H groups in total. The zero-order chi connectivity index (χ0) is 24.3. The van der Waals surface area contributed by atoms with Crippen molar-refractivity contribution in [2.45, 2.75) is 51.9 Å². The molecule has 1 aromatic heterocycles. The molecule has 2 heterocycles. The molecule has 180 valence electrons. The van der Waals surface area contributed by atoms with Gasteiger partial charge in [-0.2, -0.15) is 0 Å². The van der Waals surface area contributed by atoms with Gasteiger partial charge in [0, 0.05) is 23.9 Å². The number of pyridine rings is 1. The number of likely N-dealkylation sites (tertiary alicyclic amines) is 1. The minimum Gasteiger partial charge on any atom is -0.495 e. The molecule has 3 rings (SSSR count). The first-order chi connectivity index (χ1) is 15.6. The van der Waals surface area contributed by atoms with Gasteiger partial charge in [-0.1, -0.05) is 0 Å². The summed E-state index contributed by atoms with van der Waals surface area (Å²) in [4.78, 5) is 31.0. The number of hydrogen-bond donors (Lipinski definition) is 0. The van der Waals surface area contributed by atoms with Crippen LogP contribution in [0.15, 0.2) is 22.7 Å². The van der Waals surface area contributed by atoms with Crippen LogP contribution in [-0.4, -0.2) is 67.1 Å². The van der Waals surface area contributed by atoms with Gasteiger partial charge in [0.15, 0.2) is 0 Å². The molecule has 0 aliphatic carbocycles. The number of fused-ring (bicyclic) bond motifs is 1. The highest BCUT2D eigenvalue weighted by molar-refractivity contribution is 9.10. The Labute approximate surface area is 201 Å². The molecule has 1 aromatic carbocycles. The van der Waals surface area contributed by atoms with Gasteiger partial charge in [0.2, 0.25) is 5.88 Å². The Morgan fingerprint density at radius 2 is 1.91 bits per heavy atom. The van der Waals surface area contributed by atoms with E-state index >= 15 is 0 Å². The Hall–Kier alpha value is -2.75. The summed E-state index contributed by atoms with van der Waals surface area (Å²) in [5, 5.41) is 0.733. The molecule has 9 nitrogen and oxygen atoms in total. The number of rotatable bonds is 6. The predicted molar refractivity (Wildman–Crippen MR) is 125 cm³/mol. The van der Waals surface area contributed by atoms with Crippen LogP contribution < -0.4 is 14.2 Å². The smallest absolute Gasteiger partial charge is 0.411 e. The molecular weight excluding hydrogens is 496 g/mol. The predicted octanol–water partition coefficient (Wildman–Crippen LogP) is 4.33. The van der Waals surface area contributed by atoms with E-state index in [9.17, 15) is 9.59 Å². The van der Waals surface area contributed by atoms with Crippen molar-refractivity contribution in [2.75, 3.05) is 27.4 Å². The van der Waals surface area contributed by atoms with Crippen LogP contribution in [0.1, 0.15) is 34.1 Å². The van der Waals surface area contributed by atoms with Gasteiger partial charge in [-0.15, -0.1) is 0 Å². The van der Waals surface area contributed by atoms with Gasteiger partial charge in [0.05, 0.1) is 37.4 Å². The number of methoxy groups -OCH3 is 2. The maximum Gasteiger partial charge on any atom is 0.411 e. The lowest BCUT2D eigenvalue weighted by Crippen LogP contribution is -2.44. The zero-order valence-corrected chi connectivity index (χ0v) is 21.2. The topological polar surface area (TPSA) is 96.4 Å².